The molecule has 0 spiro atoms. The van der Waals surface area contributed by atoms with Crippen LogP contribution in [0.2, 0.25) is 0 Å². The van der Waals surface area contributed by atoms with E-state index in [1.807, 2.05) is 11.3 Å². The van der Waals surface area contributed by atoms with Gasteiger partial charge in [0.1, 0.15) is 6.33 Å². The Hall–Kier alpha value is -4.90. The molecule has 9 rings (SSSR count). The maximum atomic E-state index is 4.82. The van der Waals surface area contributed by atoms with Crippen LogP contribution in [0.15, 0.2) is 134 Å². The highest BCUT2D eigenvalue weighted by Gasteiger charge is 2.16. The summed E-state index contributed by atoms with van der Waals surface area (Å²) in [6.45, 7) is 0. The molecule has 0 atom stereocenters. The molecule has 0 amide bonds. The van der Waals surface area contributed by atoms with E-state index in [2.05, 4.69) is 127 Å². The van der Waals surface area contributed by atoms with Gasteiger partial charge < -0.3 is 0 Å². The number of rotatable bonds is 3. The van der Waals surface area contributed by atoms with Crippen LogP contribution in [0.3, 0.4) is 0 Å². The van der Waals surface area contributed by atoms with E-state index in [4.69, 9.17) is 9.97 Å². The van der Waals surface area contributed by atoms with Gasteiger partial charge in [-0.05, 0) is 63.4 Å². The lowest BCUT2D eigenvalue weighted by molar-refractivity contribution is 1.24. The van der Waals surface area contributed by atoms with Crippen LogP contribution < -0.4 is 0 Å². The smallest absolute Gasteiger partial charge is 0.116 e. The molecule has 2 nitrogen and oxygen atoms in total. The van der Waals surface area contributed by atoms with Gasteiger partial charge in [0.25, 0.3) is 0 Å². The first-order valence-corrected chi connectivity index (χ1v) is 15.6. The molecule has 4 heteroatoms. The molecule has 42 heavy (non-hydrogen) atoms. The van der Waals surface area contributed by atoms with Crippen LogP contribution in [0.4, 0.5) is 0 Å². The molecule has 0 aliphatic rings. The van der Waals surface area contributed by atoms with E-state index in [0.717, 1.165) is 21.5 Å². The summed E-state index contributed by atoms with van der Waals surface area (Å²) in [6, 6.07) is 46.1. The third kappa shape index (κ3) is 3.69. The largest absolute Gasteiger partial charge is 0.235 e. The molecule has 0 fully saturated rings. The van der Waals surface area contributed by atoms with Crippen LogP contribution in [0.1, 0.15) is 0 Å². The van der Waals surface area contributed by atoms with Gasteiger partial charge in [-0.1, -0.05) is 97.1 Å². The Kier molecular flexibility index (Phi) is 5.27. The summed E-state index contributed by atoms with van der Waals surface area (Å²) in [5, 5.41) is 6.32. The first kappa shape index (κ1) is 23.8. The number of aromatic nitrogens is 2. The molecule has 0 saturated heterocycles. The molecule has 0 aliphatic carbocycles. The average molecular weight is 571 g/mol. The lowest BCUT2D eigenvalue weighted by Gasteiger charge is -2.07. The number of thiophene rings is 2. The highest BCUT2D eigenvalue weighted by Crippen LogP contribution is 2.42. The van der Waals surface area contributed by atoms with Crippen LogP contribution in [-0.4, -0.2) is 9.97 Å². The van der Waals surface area contributed by atoms with Gasteiger partial charge in [-0.15, -0.1) is 22.7 Å². The minimum absolute atomic E-state index is 0.985. The van der Waals surface area contributed by atoms with Crippen molar-refractivity contribution in [3.8, 4) is 33.5 Å². The average Bonchev–Trinajstić information content (AvgIpc) is 3.63. The molecule has 0 saturated carbocycles. The van der Waals surface area contributed by atoms with E-state index in [0.29, 0.717) is 0 Å². The molecule has 196 valence electrons. The normalized spacial score (nSPS) is 11.8. The lowest BCUT2D eigenvalue weighted by atomic mass is 9.99. The van der Waals surface area contributed by atoms with E-state index >= 15 is 0 Å². The second kappa shape index (κ2) is 9.31. The van der Waals surface area contributed by atoms with E-state index in [1.165, 1.54) is 63.3 Å². The lowest BCUT2D eigenvalue weighted by Crippen LogP contribution is -1.87. The summed E-state index contributed by atoms with van der Waals surface area (Å²) in [4.78, 5) is 9.61. The van der Waals surface area contributed by atoms with E-state index in [9.17, 15) is 0 Å². The van der Waals surface area contributed by atoms with Crippen molar-refractivity contribution >= 4 is 73.9 Å². The third-order valence-corrected chi connectivity index (χ3v) is 10.6. The molecule has 6 aromatic carbocycles. The zero-order valence-electron chi connectivity index (χ0n) is 22.4. The number of nitrogens with zero attached hydrogens (tertiary/aromatic N) is 2. The quantitative estimate of drug-likeness (QED) is 0.211. The molecule has 0 radical (unpaired) electrons. The van der Waals surface area contributed by atoms with Gasteiger partial charge in [0, 0.05) is 35.8 Å². The summed E-state index contributed by atoms with van der Waals surface area (Å²) < 4.78 is 5.00. The third-order valence-electron chi connectivity index (χ3n) is 8.18. The number of benzene rings is 6. The fourth-order valence-electron chi connectivity index (χ4n) is 6.14. The van der Waals surface area contributed by atoms with Gasteiger partial charge in [0.2, 0.25) is 0 Å². The summed E-state index contributed by atoms with van der Waals surface area (Å²) >= 11 is 3.64. The molecule has 0 aliphatic heterocycles. The second-order valence-corrected chi connectivity index (χ2v) is 12.7. The van der Waals surface area contributed by atoms with E-state index in [-0.39, 0.29) is 0 Å². The van der Waals surface area contributed by atoms with Gasteiger partial charge in [0.05, 0.1) is 15.9 Å². The summed E-state index contributed by atoms with van der Waals surface area (Å²) in [6.07, 6.45) is 1.71. The minimum Gasteiger partial charge on any atom is -0.235 e. The molecular formula is C38H22N2S2. The monoisotopic (exact) mass is 570 g/mol. The van der Waals surface area contributed by atoms with Crippen molar-refractivity contribution in [2.75, 3.05) is 0 Å². The van der Waals surface area contributed by atoms with Crippen molar-refractivity contribution in [2.24, 2.45) is 0 Å². The molecular weight excluding hydrogens is 549 g/mol. The van der Waals surface area contributed by atoms with Crippen LogP contribution in [-0.2, 0) is 0 Å². The fraction of sp³-hybridized carbons (Fsp3) is 0. The van der Waals surface area contributed by atoms with Crippen molar-refractivity contribution in [3.05, 3.63) is 134 Å². The first-order chi connectivity index (χ1) is 20.8. The topological polar surface area (TPSA) is 25.8 Å². The summed E-state index contributed by atoms with van der Waals surface area (Å²) in [7, 11) is 0. The Balaban J connectivity index is 1.18. The maximum Gasteiger partial charge on any atom is 0.116 e. The van der Waals surface area contributed by atoms with Crippen molar-refractivity contribution in [1.29, 1.82) is 0 Å². The number of hydrogen-bond donors (Lipinski definition) is 0. The van der Waals surface area contributed by atoms with Crippen LogP contribution in [0, 0.1) is 0 Å². The maximum absolute atomic E-state index is 4.82. The van der Waals surface area contributed by atoms with E-state index in [1.54, 1.807) is 17.7 Å². The Morgan fingerprint density at radius 1 is 0.429 bits per heavy atom. The summed E-state index contributed by atoms with van der Waals surface area (Å²) in [5.74, 6) is 0. The standard InChI is InChI=1S/C38H22N2S2/c1-2-8-24-19-25(16-15-23(24)7-1)26-17-18-34-32(21-26)36-38(42-34)35(39-22-40-36)28-10-5-9-27(20-28)29-12-6-13-31-30-11-3-4-14-33(30)41-37(29)31/h1-22H. The van der Waals surface area contributed by atoms with Gasteiger partial charge >= 0.3 is 0 Å². The van der Waals surface area contributed by atoms with Crippen molar-refractivity contribution in [2.45, 2.75) is 0 Å². The minimum atomic E-state index is 0.985. The van der Waals surface area contributed by atoms with Gasteiger partial charge in [-0.2, -0.15) is 0 Å². The number of hydrogen-bond acceptors (Lipinski definition) is 4. The Labute approximate surface area is 250 Å². The first-order valence-electron chi connectivity index (χ1n) is 14.0. The highest BCUT2D eigenvalue weighted by atomic mass is 32.1. The molecule has 0 N–H and O–H groups in total. The predicted octanol–water partition coefficient (Wildman–Crippen LogP) is 11.4. The van der Waals surface area contributed by atoms with Gasteiger partial charge in [0.15, 0.2) is 0 Å². The van der Waals surface area contributed by atoms with Crippen LogP contribution >= 0.6 is 22.7 Å². The fourth-order valence-corrected chi connectivity index (χ4v) is 8.53. The van der Waals surface area contributed by atoms with Crippen LogP contribution in [0.25, 0.3) is 84.8 Å². The van der Waals surface area contributed by atoms with E-state index < -0.39 is 0 Å². The van der Waals surface area contributed by atoms with Crippen LogP contribution in [0.5, 0.6) is 0 Å². The second-order valence-electron chi connectivity index (χ2n) is 10.6. The zero-order valence-corrected chi connectivity index (χ0v) is 24.0. The van der Waals surface area contributed by atoms with Crippen molar-refractivity contribution in [3.63, 3.8) is 0 Å². The summed E-state index contributed by atoms with van der Waals surface area (Å²) in [5.41, 5.74) is 7.99. The zero-order chi connectivity index (χ0) is 27.6. The van der Waals surface area contributed by atoms with Gasteiger partial charge in [-0.3, -0.25) is 0 Å². The Morgan fingerprint density at radius 2 is 1.17 bits per heavy atom. The molecule has 3 aromatic heterocycles. The van der Waals surface area contributed by atoms with Crippen molar-refractivity contribution in [1.82, 2.24) is 9.97 Å². The molecule has 0 unspecified atom stereocenters. The Morgan fingerprint density at radius 3 is 2.14 bits per heavy atom. The Bertz CT molecular complexity index is 2480. The highest BCUT2D eigenvalue weighted by molar-refractivity contribution is 7.26. The predicted molar refractivity (Wildman–Crippen MR) is 182 cm³/mol. The number of fused-ring (bicyclic) bond motifs is 7. The van der Waals surface area contributed by atoms with Crippen molar-refractivity contribution < 1.29 is 0 Å². The molecule has 3 heterocycles. The SMILES string of the molecule is c1cc(-c2cccc3c2sc2ccccc23)cc(-c2ncnc3c2sc2ccc(-c4ccc5ccccc5c4)cc23)c1. The van der Waals surface area contributed by atoms with Gasteiger partial charge in [-0.25, -0.2) is 9.97 Å². The molecule has 0 bridgehead atoms. The molecule has 9 aromatic rings.